The number of para-hydroxylation sites is 3. The van der Waals surface area contributed by atoms with Gasteiger partial charge in [-0.25, -0.2) is 9.13 Å². The molecule has 0 radical (unpaired) electrons. The number of aromatic nitrogens is 2. The fourth-order valence-electron chi connectivity index (χ4n) is 3.28. The van der Waals surface area contributed by atoms with Crippen LogP contribution < -0.4 is 21.7 Å². The van der Waals surface area contributed by atoms with Crippen LogP contribution >= 0.6 is 0 Å². The average molecular weight is 395 g/mol. The lowest BCUT2D eigenvalue weighted by Gasteiger charge is -2.10. The predicted octanol–water partition coefficient (Wildman–Crippen LogP) is 0.421. The first-order chi connectivity index (χ1) is 13.3. The van der Waals surface area contributed by atoms with Gasteiger partial charge in [0.15, 0.2) is 11.0 Å². The van der Waals surface area contributed by atoms with Crippen LogP contribution in [0.4, 0.5) is 0 Å². The third-order valence-electron chi connectivity index (χ3n) is 4.57. The van der Waals surface area contributed by atoms with Gasteiger partial charge in [-0.15, -0.1) is 0 Å². The van der Waals surface area contributed by atoms with E-state index in [1.807, 2.05) is 48.5 Å². The number of fused-ring (bicyclic) bond motifs is 1. The summed E-state index contributed by atoms with van der Waals surface area (Å²) in [6, 6.07) is 28.2. The van der Waals surface area contributed by atoms with E-state index in [2.05, 4.69) is 51.9 Å². The Hall–Kier alpha value is -2.82. The molecule has 0 aliphatic heterocycles. The van der Waals surface area contributed by atoms with Gasteiger partial charge in [0.05, 0.1) is 0 Å². The van der Waals surface area contributed by atoms with E-state index >= 15 is 0 Å². The Morgan fingerprint density at radius 2 is 1.50 bits per heavy atom. The largest absolute Gasteiger partial charge is 1.00 e. The second-order valence-electron chi connectivity index (χ2n) is 6.65. The summed E-state index contributed by atoms with van der Waals surface area (Å²) in [5, 5.41) is 10.5. The molecule has 3 aromatic carbocycles. The van der Waals surface area contributed by atoms with Gasteiger partial charge in [-0.2, -0.15) is 0 Å². The highest BCUT2D eigenvalue weighted by Crippen LogP contribution is 2.14. The molecule has 0 aliphatic rings. The third-order valence-corrected chi connectivity index (χ3v) is 4.57. The molecule has 0 amide bonds. The van der Waals surface area contributed by atoms with E-state index in [0.29, 0.717) is 6.54 Å². The fourth-order valence-corrected chi connectivity index (χ4v) is 3.28. The van der Waals surface area contributed by atoms with Crippen LogP contribution in [0.1, 0.15) is 5.56 Å². The first-order valence-corrected chi connectivity index (χ1v) is 9.17. The minimum Gasteiger partial charge on any atom is -1.00 e. The SMILES string of the molecule is OC(COc1ccccc1)Cn1c[n+](Cc2ccccc2)c2ccccc21.[Cl-]. The maximum atomic E-state index is 10.5. The number of ether oxygens (including phenoxy) is 1. The summed E-state index contributed by atoms with van der Waals surface area (Å²) in [5.41, 5.74) is 3.50. The molecule has 144 valence electrons. The van der Waals surface area contributed by atoms with Crippen LogP contribution in [0, 0.1) is 0 Å². The maximum absolute atomic E-state index is 10.5. The number of aliphatic hydroxyl groups excluding tert-OH is 1. The number of aliphatic hydroxyl groups is 1. The maximum Gasteiger partial charge on any atom is 0.245 e. The molecule has 0 bridgehead atoms. The molecule has 0 fully saturated rings. The first-order valence-electron chi connectivity index (χ1n) is 9.17. The number of nitrogens with zero attached hydrogens (tertiary/aromatic N) is 2. The predicted molar refractivity (Wildman–Crippen MR) is 106 cm³/mol. The standard InChI is InChI=1S/C23H23N2O2.ClH/c26-20(17-27-21-11-5-2-6-12-21)16-25-18-24(15-19-9-3-1-4-10-19)22-13-7-8-14-23(22)25;/h1-14,18,20,26H,15-17H2;1H/q+1;/p-1. The highest BCUT2D eigenvalue weighted by atomic mass is 35.5. The average Bonchev–Trinajstić information content (AvgIpc) is 3.05. The summed E-state index contributed by atoms with van der Waals surface area (Å²) >= 11 is 0. The van der Waals surface area contributed by atoms with Crippen LogP contribution in [0.15, 0.2) is 91.3 Å². The Kier molecular flexibility index (Phi) is 6.69. The lowest BCUT2D eigenvalue weighted by Crippen LogP contribution is -3.00. The molecule has 0 aliphatic carbocycles. The Morgan fingerprint density at radius 3 is 2.25 bits per heavy atom. The van der Waals surface area contributed by atoms with Crippen LogP contribution in [0.3, 0.4) is 0 Å². The molecular weight excluding hydrogens is 372 g/mol. The molecule has 1 N–H and O–H groups in total. The summed E-state index contributed by atoms with van der Waals surface area (Å²) < 4.78 is 10.00. The van der Waals surface area contributed by atoms with Crippen LogP contribution in [0.5, 0.6) is 5.75 Å². The number of rotatable bonds is 7. The molecule has 1 aromatic heterocycles. The van der Waals surface area contributed by atoms with Gasteiger partial charge < -0.3 is 22.3 Å². The number of hydrogen-bond acceptors (Lipinski definition) is 2. The van der Waals surface area contributed by atoms with Crippen molar-refractivity contribution in [3.8, 4) is 5.75 Å². The zero-order valence-corrected chi connectivity index (χ0v) is 16.2. The first kappa shape index (κ1) is 19.9. The zero-order valence-electron chi connectivity index (χ0n) is 15.5. The summed E-state index contributed by atoms with van der Waals surface area (Å²) in [6.07, 6.45) is 1.48. The van der Waals surface area contributed by atoms with E-state index in [4.69, 9.17) is 4.74 Å². The van der Waals surface area contributed by atoms with Crippen molar-refractivity contribution in [3.05, 3.63) is 96.8 Å². The van der Waals surface area contributed by atoms with Crippen molar-refractivity contribution in [1.29, 1.82) is 0 Å². The second-order valence-corrected chi connectivity index (χ2v) is 6.65. The molecular formula is C23H23ClN2O2. The lowest BCUT2D eigenvalue weighted by atomic mass is 10.2. The monoisotopic (exact) mass is 394 g/mol. The van der Waals surface area contributed by atoms with Crippen molar-refractivity contribution >= 4 is 11.0 Å². The Bertz CT molecular complexity index is 1000. The molecule has 4 rings (SSSR count). The second kappa shape index (κ2) is 9.40. The minimum atomic E-state index is -0.591. The van der Waals surface area contributed by atoms with Crippen LogP contribution in [0.25, 0.3) is 11.0 Å². The van der Waals surface area contributed by atoms with Crippen LogP contribution in [0.2, 0.25) is 0 Å². The Morgan fingerprint density at radius 1 is 0.857 bits per heavy atom. The molecule has 0 saturated heterocycles. The number of hydrogen-bond donors (Lipinski definition) is 1. The van der Waals surface area contributed by atoms with Crippen molar-refractivity contribution in [3.63, 3.8) is 0 Å². The van der Waals surface area contributed by atoms with Gasteiger partial charge in [-0.1, -0.05) is 60.7 Å². The smallest absolute Gasteiger partial charge is 0.245 e. The summed E-state index contributed by atoms with van der Waals surface area (Å²) in [4.78, 5) is 0. The molecule has 1 unspecified atom stereocenters. The van der Waals surface area contributed by atoms with Gasteiger partial charge in [-0.05, 0) is 29.8 Å². The summed E-state index contributed by atoms with van der Waals surface area (Å²) in [7, 11) is 0. The van der Waals surface area contributed by atoms with Gasteiger partial charge in [0, 0.05) is 0 Å². The van der Waals surface area contributed by atoms with Crippen molar-refractivity contribution in [2.45, 2.75) is 19.2 Å². The molecule has 4 aromatic rings. The van der Waals surface area contributed by atoms with Gasteiger partial charge in [0.1, 0.15) is 31.5 Å². The van der Waals surface area contributed by atoms with Crippen LogP contribution in [-0.4, -0.2) is 22.4 Å². The molecule has 1 atom stereocenters. The third kappa shape index (κ3) is 4.71. The fraction of sp³-hybridized carbons (Fsp3) is 0.174. The van der Waals surface area contributed by atoms with Crippen molar-refractivity contribution in [2.24, 2.45) is 0 Å². The minimum absolute atomic E-state index is 0. The summed E-state index contributed by atoms with van der Waals surface area (Å²) in [6.45, 7) is 1.54. The number of imidazole rings is 1. The zero-order chi connectivity index (χ0) is 18.5. The highest BCUT2D eigenvalue weighted by Gasteiger charge is 2.18. The van der Waals surface area contributed by atoms with Crippen molar-refractivity contribution < 1.29 is 26.8 Å². The van der Waals surface area contributed by atoms with E-state index in [9.17, 15) is 5.11 Å². The Labute approximate surface area is 171 Å². The van der Waals surface area contributed by atoms with Crippen molar-refractivity contribution in [2.75, 3.05) is 6.61 Å². The quantitative estimate of drug-likeness (QED) is 0.461. The van der Waals surface area contributed by atoms with Gasteiger partial charge in [0.25, 0.3) is 0 Å². The topological polar surface area (TPSA) is 38.3 Å². The van der Waals surface area contributed by atoms with E-state index in [1.54, 1.807) is 0 Å². The molecule has 1 heterocycles. The molecule has 4 nitrogen and oxygen atoms in total. The van der Waals surface area contributed by atoms with E-state index in [1.165, 1.54) is 5.56 Å². The number of benzene rings is 3. The Balaban J connectivity index is 0.00000225. The van der Waals surface area contributed by atoms with Crippen LogP contribution in [-0.2, 0) is 13.1 Å². The molecule has 5 heteroatoms. The summed E-state index contributed by atoms with van der Waals surface area (Å²) in [5.74, 6) is 0.771. The van der Waals surface area contributed by atoms with Crippen molar-refractivity contribution in [1.82, 2.24) is 4.57 Å². The lowest BCUT2D eigenvalue weighted by molar-refractivity contribution is -0.663. The van der Waals surface area contributed by atoms with E-state index < -0.39 is 6.10 Å². The van der Waals surface area contributed by atoms with Gasteiger partial charge >= 0.3 is 0 Å². The number of halogens is 1. The normalized spacial score (nSPS) is 11.8. The van der Waals surface area contributed by atoms with Gasteiger partial charge in [0.2, 0.25) is 6.33 Å². The van der Waals surface area contributed by atoms with E-state index in [0.717, 1.165) is 23.3 Å². The van der Waals surface area contributed by atoms with Gasteiger partial charge in [-0.3, -0.25) is 0 Å². The highest BCUT2D eigenvalue weighted by molar-refractivity contribution is 5.71. The van der Waals surface area contributed by atoms with E-state index in [-0.39, 0.29) is 19.0 Å². The molecule has 0 spiro atoms. The molecule has 28 heavy (non-hydrogen) atoms. The molecule has 0 saturated carbocycles.